The number of ether oxygens (including phenoxy) is 1. The number of hydrogen-bond donors (Lipinski definition) is 2. The van der Waals surface area contributed by atoms with Crippen LogP contribution in [0.25, 0.3) is 0 Å². The van der Waals surface area contributed by atoms with Gasteiger partial charge in [0, 0.05) is 12.4 Å². The fraction of sp³-hybridized carbons (Fsp3) is 0.667. The molecule has 21 heavy (non-hydrogen) atoms. The Balaban J connectivity index is 1.99. The number of aromatic nitrogens is 2. The normalized spacial score (nSPS) is 23.5. The smallest absolute Gasteiger partial charge is 0.414 e. The molecule has 116 valence electrons. The summed E-state index contributed by atoms with van der Waals surface area (Å²) in [5, 5.41) is 2.52. The lowest BCUT2D eigenvalue weighted by atomic mass is 10.1. The van der Waals surface area contributed by atoms with Gasteiger partial charge in [-0.15, -0.1) is 0 Å². The van der Waals surface area contributed by atoms with Crippen LogP contribution in [-0.4, -0.2) is 28.2 Å². The second-order valence-corrected chi connectivity index (χ2v) is 7.11. The van der Waals surface area contributed by atoms with Gasteiger partial charge in [-0.2, -0.15) is 0 Å². The zero-order chi connectivity index (χ0) is 15.8. The summed E-state index contributed by atoms with van der Waals surface area (Å²) in [7, 11) is 0. The Morgan fingerprint density at radius 1 is 1.38 bits per heavy atom. The minimum Gasteiger partial charge on any atom is -0.444 e. The maximum atomic E-state index is 11.6. The molecule has 0 bridgehead atoms. The van der Waals surface area contributed by atoms with Gasteiger partial charge in [0.2, 0.25) is 5.95 Å². The van der Waals surface area contributed by atoms with Crippen LogP contribution in [0.3, 0.4) is 0 Å². The second-order valence-electron chi connectivity index (χ2n) is 7.11. The van der Waals surface area contributed by atoms with Crippen LogP contribution in [0.15, 0.2) is 12.4 Å². The molecular weight excluding hydrogens is 268 g/mol. The highest BCUT2D eigenvalue weighted by molar-refractivity contribution is 5.82. The maximum absolute atomic E-state index is 11.6. The standard InChI is InChI=1S/C15H24N4O2/c1-14(2,3)21-13(20)19-12-17-7-9(8-18-12)11-10(6-16)15(11,4)5/h7-8,10-11H,6,16H2,1-5H3,(H,17,18,19,20)/t10-,11-/m0/s1. The lowest BCUT2D eigenvalue weighted by Gasteiger charge is -2.19. The van der Waals surface area contributed by atoms with Gasteiger partial charge in [-0.05, 0) is 50.1 Å². The number of nitrogens with zero attached hydrogens (tertiary/aromatic N) is 2. The molecule has 1 aliphatic rings. The van der Waals surface area contributed by atoms with Crippen LogP contribution >= 0.6 is 0 Å². The minimum absolute atomic E-state index is 0.193. The van der Waals surface area contributed by atoms with Gasteiger partial charge >= 0.3 is 6.09 Å². The van der Waals surface area contributed by atoms with Crippen molar-refractivity contribution in [3.63, 3.8) is 0 Å². The quantitative estimate of drug-likeness (QED) is 0.893. The van der Waals surface area contributed by atoms with E-state index in [0.717, 1.165) is 5.56 Å². The molecule has 0 unspecified atom stereocenters. The molecule has 1 saturated carbocycles. The van der Waals surface area contributed by atoms with Gasteiger partial charge in [-0.25, -0.2) is 14.8 Å². The topological polar surface area (TPSA) is 90.1 Å². The third-order valence-electron chi connectivity index (χ3n) is 3.95. The monoisotopic (exact) mass is 292 g/mol. The molecule has 1 amide bonds. The van der Waals surface area contributed by atoms with E-state index in [1.165, 1.54) is 0 Å². The average molecular weight is 292 g/mol. The van der Waals surface area contributed by atoms with E-state index >= 15 is 0 Å². The van der Waals surface area contributed by atoms with Gasteiger partial charge in [0.05, 0.1) is 0 Å². The van der Waals surface area contributed by atoms with E-state index in [1.54, 1.807) is 33.2 Å². The summed E-state index contributed by atoms with van der Waals surface area (Å²) in [4.78, 5) is 20.0. The van der Waals surface area contributed by atoms with Crippen LogP contribution in [0.4, 0.5) is 10.7 Å². The Kier molecular flexibility index (Phi) is 3.93. The van der Waals surface area contributed by atoms with Crippen molar-refractivity contribution in [2.24, 2.45) is 17.1 Å². The van der Waals surface area contributed by atoms with Crippen LogP contribution < -0.4 is 11.1 Å². The third-order valence-corrected chi connectivity index (χ3v) is 3.95. The summed E-state index contributed by atoms with van der Waals surface area (Å²) < 4.78 is 5.15. The number of nitrogens with two attached hydrogens (primary N) is 1. The average Bonchev–Trinajstić information content (AvgIpc) is 2.89. The SMILES string of the molecule is CC(C)(C)OC(=O)Nc1ncc([C@H]2[C@H](CN)C2(C)C)cn1. The molecule has 0 aromatic carbocycles. The molecule has 3 N–H and O–H groups in total. The number of rotatable bonds is 3. The predicted molar refractivity (Wildman–Crippen MR) is 81.0 cm³/mol. The number of anilines is 1. The van der Waals surface area contributed by atoms with Crippen LogP contribution in [0.5, 0.6) is 0 Å². The number of carbonyl (C=O) groups is 1. The second kappa shape index (κ2) is 5.26. The van der Waals surface area contributed by atoms with E-state index in [9.17, 15) is 4.79 Å². The van der Waals surface area contributed by atoms with Crippen molar-refractivity contribution in [3.8, 4) is 0 Å². The molecule has 2 rings (SSSR count). The molecule has 1 fully saturated rings. The summed E-state index contributed by atoms with van der Waals surface area (Å²) in [6, 6.07) is 0. The van der Waals surface area contributed by atoms with Crippen LogP contribution in [-0.2, 0) is 4.74 Å². The molecule has 0 aliphatic heterocycles. The maximum Gasteiger partial charge on any atom is 0.414 e. The van der Waals surface area contributed by atoms with Crippen LogP contribution in [0.2, 0.25) is 0 Å². The molecule has 1 aromatic rings. The van der Waals surface area contributed by atoms with Crippen LogP contribution in [0, 0.1) is 11.3 Å². The molecule has 2 atom stereocenters. The molecule has 1 heterocycles. The summed E-state index contributed by atoms with van der Waals surface area (Å²) >= 11 is 0. The van der Waals surface area contributed by atoms with Gasteiger partial charge in [-0.1, -0.05) is 13.8 Å². The molecule has 1 aromatic heterocycles. The van der Waals surface area contributed by atoms with Gasteiger partial charge in [0.25, 0.3) is 0 Å². The zero-order valence-corrected chi connectivity index (χ0v) is 13.3. The van der Waals surface area contributed by atoms with Crippen molar-refractivity contribution in [3.05, 3.63) is 18.0 Å². The van der Waals surface area contributed by atoms with Gasteiger partial charge in [0.1, 0.15) is 5.60 Å². The first-order valence-electron chi connectivity index (χ1n) is 7.17. The lowest BCUT2D eigenvalue weighted by molar-refractivity contribution is 0.0634. The molecule has 0 saturated heterocycles. The largest absolute Gasteiger partial charge is 0.444 e. The molecule has 6 nitrogen and oxygen atoms in total. The van der Waals surface area contributed by atoms with E-state index < -0.39 is 11.7 Å². The Labute approximate surface area is 125 Å². The fourth-order valence-electron chi connectivity index (χ4n) is 2.80. The van der Waals surface area contributed by atoms with Crippen molar-refractivity contribution in [2.75, 3.05) is 11.9 Å². The Morgan fingerprint density at radius 3 is 2.38 bits per heavy atom. The zero-order valence-electron chi connectivity index (χ0n) is 13.3. The van der Waals surface area contributed by atoms with E-state index in [0.29, 0.717) is 18.4 Å². The van der Waals surface area contributed by atoms with E-state index in [2.05, 4.69) is 29.1 Å². The summed E-state index contributed by atoms with van der Waals surface area (Å²) in [6.07, 6.45) is 2.95. The summed E-state index contributed by atoms with van der Waals surface area (Å²) in [6.45, 7) is 10.5. The Bertz CT molecular complexity index is 519. The highest BCUT2D eigenvalue weighted by Crippen LogP contribution is 2.63. The highest BCUT2D eigenvalue weighted by Gasteiger charge is 2.57. The van der Waals surface area contributed by atoms with E-state index in [4.69, 9.17) is 10.5 Å². The van der Waals surface area contributed by atoms with Crippen molar-refractivity contribution < 1.29 is 9.53 Å². The van der Waals surface area contributed by atoms with Crippen LogP contribution in [0.1, 0.15) is 46.1 Å². The predicted octanol–water partition coefficient (Wildman–Crippen LogP) is 2.52. The third kappa shape index (κ3) is 3.50. The van der Waals surface area contributed by atoms with E-state index in [1.807, 2.05) is 0 Å². The van der Waals surface area contributed by atoms with E-state index in [-0.39, 0.29) is 11.4 Å². The molecule has 6 heteroatoms. The number of hydrogen-bond acceptors (Lipinski definition) is 5. The lowest BCUT2D eigenvalue weighted by Crippen LogP contribution is -2.27. The van der Waals surface area contributed by atoms with Crippen molar-refractivity contribution in [1.29, 1.82) is 0 Å². The first-order chi connectivity index (χ1) is 9.65. The first-order valence-corrected chi connectivity index (χ1v) is 7.17. The van der Waals surface area contributed by atoms with Crippen molar-refractivity contribution in [1.82, 2.24) is 9.97 Å². The number of amides is 1. The number of nitrogens with one attached hydrogen (secondary N) is 1. The Hall–Kier alpha value is -1.69. The first kappa shape index (κ1) is 15.7. The van der Waals surface area contributed by atoms with Gasteiger partial charge < -0.3 is 10.5 Å². The van der Waals surface area contributed by atoms with Crippen molar-refractivity contribution >= 4 is 12.0 Å². The van der Waals surface area contributed by atoms with Gasteiger partial charge in [0.15, 0.2) is 0 Å². The van der Waals surface area contributed by atoms with Gasteiger partial charge in [-0.3, -0.25) is 5.32 Å². The minimum atomic E-state index is -0.554. The molecule has 1 aliphatic carbocycles. The molecule has 0 spiro atoms. The number of carbonyl (C=O) groups excluding carboxylic acids is 1. The summed E-state index contributed by atoms with van der Waals surface area (Å²) in [5.74, 6) is 1.10. The van der Waals surface area contributed by atoms with Crippen molar-refractivity contribution in [2.45, 2.75) is 46.1 Å². The molecule has 0 radical (unpaired) electrons. The molecular formula is C15H24N4O2. The highest BCUT2D eigenvalue weighted by atomic mass is 16.6. The Morgan fingerprint density at radius 2 is 1.95 bits per heavy atom. The summed E-state index contributed by atoms with van der Waals surface area (Å²) in [5.41, 5.74) is 6.49. The fourth-order valence-corrected chi connectivity index (χ4v) is 2.80.